The van der Waals surface area contributed by atoms with E-state index in [4.69, 9.17) is 21.1 Å². The van der Waals surface area contributed by atoms with E-state index >= 15 is 0 Å². The van der Waals surface area contributed by atoms with Gasteiger partial charge in [0.15, 0.2) is 0 Å². The summed E-state index contributed by atoms with van der Waals surface area (Å²) in [5.74, 6) is 0.811. The average molecular weight is 489 g/mol. The number of nitrogens with zero attached hydrogens (tertiary/aromatic N) is 4. The molecule has 3 heterocycles. The smallest absolute Gasteiger partial charge is 0.257 e. The highest BCUT2D eigenvalue weighted by Crippen LogP contribution is 2.37. The molecule has 0 saturated carbocycles. The van der Waals surface area contributed by atoms with Gasteiger partial charge in [0.25, 0.3) is 5.91 Å². The van der Waals surface area contributed by atoms with Gasteiger partial charge < -0.3 is 19.3 Å². The second-order valence-corrected chi connectivity index (χ2v) is 9.63. The lowest BCUT2D eigenvalue weighted by Gasteiger charge is -2.42. The first-order valence-electron chi connectivity index (χ1n) is 12.0. The predicted octanol–water partition coefficient (Wildman–Crippen LogP) is 3.42. The van der Waals surface area contributed by atoms with Crippen molar-refractivity contribution in [1.29, 1.82) is 0 Å². The van der Waals surface area contributed by atoms with Crippen LogP contribution in [0.4, 0.5) is 0 Å². The number of hydrogen-bond acceptors (Lipinski definition) is 5. The number of carbonyl (C=O) groups excluding carboxylic acids is 2. The number of aromatic nitrogens is 2. The number of carbonyl (C=O) groups is 2. The molecule has 184 valence electrons. The predicted molar refractivity (Wildman–Crippen MR) is 129 cm³/mol. The Morgan fingerprint density at radius 2 is 1.88 bits per heavy atom. The second-order valence-electron chi connectivity index (χ2n) is 9.19. The Kier molecular flexibility index (Phi) is 7.78. The largest absolute Gasteiger partial charge is 0.493 e. The monoisotopic (exact) mass is 488 g/mol. The molecule has 34 heavy (non-hydrogen) atoms. The van der Waals surface area contributed by atoms with Gasteiger partial charge in [0.1, 0.15) is 5.75 Å². The number of benzene rings is 1. The van der Waals surface area contributed by atoms with Crippen molar-refractivity contribution in [2.24, 2.45) is 5.41 Å². The van der Waals surface area contributed by atoms with Crippen molar-refractivity contribution in [1.82, 2.24) is 19.6 Å². The molecule has 0 unspecified atom stereocenters. The number of amides is 2. The Labute approximate surface area is 205 Å². The molecule has 0 aliphatic carbocycles. The molecule has 2 amide bonds. The number of likely N-dealkylation sites (tertiary alicyclic amines) is 1. The zero-order valence-electron chi connectivity index (χ0n) is 20.0. The summed E-state index contributed by atoms with van der Waals surface area (Å²) in [4.78, 5) is 30.1. The van der Waals surface area contributed by atoms with E-state index in [1.54, 1.807) is 16.8 Å². The first-order chi connectivity index (χ1) is 16.4. The third kappa shape index (κ3) is 5.73. The van der Waals surface area contributed by atoms with E-state index < -0.39 is 0 Å². The van der Waals surface area contributed by atoms with Crippen molar-refractivity contribution in [2.45, 2.75) is 39.7 Å². The summed E-state index contributed by atoms with van der Waals surface area (Å²) in [5, 5.41) is 5.02. The molecule has 2 aromatic rings. The van der Waals surface area contributed by atoms with E-state index in [9.17, 15) is 9.59 Å². The van der Waals surface area contributed by atoms with Crippen molar-refractivity contribution in [3.63, 3.8) is 0 Å². The highest BCUT2D eigenvalue weighted by atomic mass is 35.5. The molecule has 0 spiro atoms. The topological polar surface area (TPSA) is 76.9 Å². The Morgan fingerprint density at radius 1 is 1.15 bits per heavy atom. The first-order valence-corrected chi connectivity index (χ1v) is 12.3. The summed E-state index contributed by atoms with van der Waals surface area (Å²) in [5.41, 5.74) is 1.04. The second kappa shape index (κ2) is 10.8. The number of ether oxygens (including phenoxy) is 2. The Bertz CT molecular complexity index is 1010. The third-order valence-corrected chi connectivity index (χ3v) is 7.08. The van der Waals surface area contributed by atoms with Gasteiger partial charge in [0, 0.05) is 55.8 Å². The first kappa shape index (κ1) is 24.5. The Hall–Kier alpha value is -2.58. The number of hydrogen-bond donors (Lipinski definition) is 0. The van der Waals surface area contributed by atoms with E-state index in [1.807, 2.05) is 42.0 Å². The molecule has 0 atom stereocenters. The van der Waals surface area contributed by atoms with Gasteiger partial charge in [-0.15, -0.1) is 0 Å². The Morgan fingerprint density at radius 3 is 2.53 bits per heavy atom. The molecule has 1 aromatic heterocycles. The molecule has 0 radical (unpaired) electrons. The van der Waals surface area contributed by atoms with Gasteiger partial charge >= 0.3 is 0 Å². The molecule has 9 heteroatoms. The van der Waals surface area contributed by atoms with Crippen LogP contribution in [0.25, 0.3) is 0 Å². The van der Waals surface area contributed by atoms with Crippen LogP contribution >= 0.6 is 11.6 Å². The van der Waals surface area contributed by atoms with Gasteiger partial charge in [-0.05, 0) is 44.9 Å². The van der Waals surface area contributed by atoms with Gasteiger partial charge in [-0.25, -0.2) is 0 Å². The van der Waals surface area contributed by atoms with E-state index in [0.717, 1.165) is 12.2 Å². The molecule has 2 fully saturated rings. The van der Waals surface area contributed by atoms with Crippen molar-refractivity contribution in [3.05, 3.63) is 46.7 Å². The molecule has 4 rings (SSSR count). The summed E-state index contributed by atoms with van der Waals surface area (Å²) in [6, 6.07) is 7.31. The fourth-order valence-electron chi connectivity index (χ4n) is 4.66. The fraction of sp³-hybridized carbons (Fsp3) is 0.560. The number of morpholine rings is 1. The highest BCUT2D eigenvalue weighted by molar-refractivity contribution is 6.30. The maximum Gasteiger partial charge on any atom is 0.257 e. The molecule has 2 aliphatic heterocycles. The molecule has 0 N–H and O–H groups in total. The van der Waals surface area contributed by atoms with Gasteiger partial charge in [-0.1, -0.05) is 17.7 Å². The maximum absolute atomic E-state index is 13.2. The Balaban J connectivity index is 1.46. The van der Waals surface area contributed by atoms with E-state index in [1.165, 1.54) is 0 Å². The lowest BCUT2D eigenvalue weighted by molar-refractivity contribution is -0.139. The van der Waals surface area contributed by atoms with Gasteiger partial charge in [-0.2, -0.15) is 5.10 Å². The van der Waals surface area contributed by atoms with E-state index in [2.05, 4.69) is 5.10 Å². The molecule has 2 aliphatic rings. The van der Waals surface area contributed by atoms with Crippen LogP contribution < -0.4 is 4.74 Å². The van der Waals surface area contributed by atoms with E-state index in [0.29, 0.717) is 81.6 Å². The summed E-state index contributed by atoms with van der Waals surface area (Å²) in [7, 11) is 0. The van der Waals surface area contributed by atoms with Crippen LogP contribution in [0.2, 0.25) is 5.02 Å². The number of piperidine rings is 1. The third-order valence-electron chi connectivity index (χ3n) is 6.84. The maximum atomic E-state index is 13.2. The minimum atomic E-state index is -0.350. The zero-order chi connectivity index (χ0) is 24.1. The van der Waals surface area contributed by atoms with Gasteiger partial charge in [0.2, 0.25) is 5.91 Å². The van der Waals surface area contributed by atoms with Crippen LogP contribution in [0, 0.1) is 12.3 Å². The van der Waals surface area contributed by atoms with Crippen molar-refractivity contribution in [3.8, 4) is 5.75 Å². The number of rotatable bonds is 7. The lowest BCUT2D eigenvalue weighted by Crippen LogP contribution is -2.49. The van der Waals surface area contributed by atoms with Crippen LogP contribution in [-0.4, -0.2) is 77.4 Å². The van der Waals surface area contributed by atoms with Crippen molar-refractivity contribution < 1.29 is 19.1 Å². The summed E-state index contributed by atoms with van der Waals surface area (Å²) in [6.45, 7) is 8.53. The van der Waals surface area contributed by atoms with Crippen LogP contribution in [0.5, 0.6) is 5.75 Å². The SMILES string of the molecule is CCn1cc(C(=O)N2CCC(COc3cccc(Cl)c3)(CC(=O)N3CCOCC3)CC2)c(C)n1. The minimum absolute atomic E-state index is 0.000986. The molecule has 0 bridgehead atoms. The summed E-state index contributed by atoms with van der Waals surface area (Å²) in [6.07, 6.45) is 3.60. The minimum Gasteiger partial charge on any atom is -0.493 e. The standard InChI is InChI=1S/C25H33ClN4O4/c1-3-30-17-22(19(2)27-30)24(32)29-9-7-25(8-10-29,16-23(31)28-11-13-33-14-12-28)18-34-21-6-4-5-20(26)15-21/h4-6,15,17H,3,7-14,16,18H2,1-2H3. The molecule has 8 nitrogen and oxygen atoms in total. The van der Waals surface area contributed by atoms with Crippen LogP contribution in [0.1, 0.15) is 42.2 Å². The highest BCUT2D eigenvalue weighted by Gasteiger charge is 2.40. The van der Waals surface area contributed by atoms with Crippen molar-refractivity contribution in [2.75, 3.05) is 46.0 Å². The lowest BCUT2D eigenvalue weighted by atomic mass is 9.75. The molecular formula is C25H33ClN4O4. The molecular weight excluding hydrogens is 456 g/mol. The number of aryl methyl sites for hydroxylation is 2. The van der Waals surface area contributed by atoms with Crippen molar-refractivity contribution >= 4 is 23.4 Å². The quantitative estimate of drug-likeness (QED) is 0.597. The zero-order valence-corrected chi connectivity index (χ0v) is 20.7. The molecule has 1 aromatic carbocycles. The summed E-state index contributed by atoms with van der Waals surface area (Å²) >= 11 is 6.12. The van der Waals surface area contributed by atoms with Crippen LogP contribution in [-0.2, 0) is 16.1 Å². The fourth-order valence-corrected chi connectivity index (χ4v) is 4.84. The van der Waals surface area contributed by atoms with Crippen LogP contribution in [0.3, 0.4) is 0 Å². The number of halogens is 1. The molecule has 2 saturated heterocycles. The van der Waals surface area contributed by atoms with Crippen LogP contribution in [0.15, 0.2) is 30.5 Å². The summed E-state index contributed by atoms with van der Waals surface area (Å²) < 4.78 is 13.3. The van der Waals surface area contributed by atoms with E-state index in [-0.39, 0.29) is 17.2 Å². The van der Waals surface area contributed by atoms with Gasteiger partial charge in [-0.3, -0.25) is 14.3 Å². The normalized spacial score (nSPS) is 18.1. The average Bonchev–Trinajstić information content (AvgIpc) is 3.24. The van der Waals surface area contributed by atoms with Gasteiger partial charge in [0.05, 0.1) is 31.1 Å².